The van der Waals surface area contributed by atoms with Crippen LogP contribution in [-0.4, -0.2) is 63.4 Å². The molecule has 1 saturated heterocycles. The van der Waals surface area contributed by atoms with Gasteiger partial charge in [0.15, 0.2) is 0 Å². The van der Waals surface area contributed by atoms with E-state index in [-0.39, 0.29) is 12.0 Å². The Morgan fingerprint density at radius 2 is 1.78 bits per heavy atom. The third-order valence-electron chi connectivity index (χ3n) is 3.60. The van der Waals surface area contributed by atoms with Crippen molar-refractivity contribution in [1.82, 2.24) is 19.6 Å². The lowest BCUT2D eigenvalue weighted by Gasteiger charge is -2.35. The topological polar surface area (TPSA) is 67.7 Å². The molecule has 0 saturated carbocycles. The molecule has 7 heteroatoms. The molecule has 0 bridgehead atoms. The molecule has 0 atom stereocenters. The fourth-order valence-corrected chi connectivity index (χ4v) is 2.42. The van der Waals surface area contributed by atoms with Crippen molar-refractivity contribution < 1.29 is 14.3 Å². The van der Waals surface area contributed by atoms with Crippen molar-refractivity contribution >= 4 is 12.0 Å². The first-order chi connectivity index (χ1) is 10.7. The Kier molecular flexibility index (Phi) is 5.28. The van der Waals surface area contributed by atoms with E-state index in [9.17, 15) is 9.59 Å². The second kappa shape index (κ2) is 7.02. The van der Waals surface area contributed by atoms with Gasteiger partial charge in [-0.15, -0.1) is 0 Å². The van der Waals surface area contributed by atoms with Crippen LogP contribution in [0.3, 0.4) is 0 Å². The molecule has 1 aromatic heterocycles. The van der Waals surface area contributed by atoms with E-state index in [1.807, 2.05) is 33.9 Å². The van der Waals surface area contributed by atoms with Crippen molar-refractivity contribution in [3.63, 3.8) is 0 Å². The number of piperazine rings is 1. The molecule has 23 heavy (non-hydrogen) atoms. The molecule has 2 rings (SSSR count). The highest BCUT2D eigenvalue weighted by molar-refractivity contribution is 5.76. The van der Waals surface area contributed by atoms with Crippen LogP contribution in [0.4, 0.5) is 4.79 Å². The van der Waals surface area contributed by atoms with Gasteiger partial charge in [0.05, 0.1) is 6.20 Å². The highest BCUT2D eigenvalue weighted by atomic mass is 16.6. The van der Waals surface area contributed by atoms with E-state index in [0.717, 1.165) is 5.56 Å². The van der Waals surface area contributed by atoms with Crippen LogP contribution in [-0.2, 0) is 16.1 Å². The molecule has 1 aliphatic heterocycles. The van der Waals surface area contributed by atoms with E-state index < -0.39 is 5.60 Å². The standard InChI is InChI=1S/C16H26N4O3/c1-13-11-17-20(12-13)6-5-14(21)18-7-9-19(10-8-18)15(22)23-16(2,3)4/h11-12H,5-10H2,1-4H3. The summed E-state index contributed by atoms with van der Waals surface area (Å²) in [6.45, 7) is 10.2. The second-order valence-electron chi connectivity index (χ2n) is 6.88. The van der Waals surface area contributed by atoms with Crippen molar-refractivity contribution in [3.8, 4) is 0 Å². The summed E-state index contributed by atoms with van der Waals surface area (Å²) in [5.74, 6) is 0.0991. The Balaban J connectivity index is 1.75. The summed E-state index contributed by atoms with van der Waals surface area (Å²) in [6.07, 6.45) is 3.82. The molecular weight excluding hydrogens is 296 g/mol. The number of aryl methyl sites for hydroxylation is 2. The molecule has 0 unspecified atom stereocenters. The Morgan fingerprint density at radius 3 is 2.30 bits per heavy atom. The summed E-state index contributed by atoms with van der Waals surface area (Å²) in [4.78, 5) is 27.7. The second-order valence-corrected chi connectivity index (χ2v) is 6.88. The third kappa shape index (κ3) is 5.26. The summed E-state index contributed by atoms with van der Waals surface area (Å²) in [7, 11) is 0. The van der Waals surface area contributed by atoms with E-state index >= 15 is 0 Å². The summed E-state index contributed by atoms with van der Waals surface area (Å²) in [6, 6.07) is 0. The quantitative estimate of drug-likeness (QED) is 0.849. The number of ether oxygens (including phenoxy) is 1. The van der Waals surface area contributed by atoms with E-state index in [4.69, 9.17) is 4.74 Å². The van der Waals surface area contributed by atoms with Gasteiger partial charge < -0.3 is 14.5 Å². The molecule has 7 nitrogen and oxygen atoms in total. The van der Waals surface area contributed by atoms with E-state index in [1.54, 1.807) is 20.7 Å². The Morgan fingerprint density at radius 1 is 1.17 bits per heavy atom. The summed E-state index contributed by atoms with van der Waals surface area (Å²) >= 11 is 0. The van der Waals surface area contributed by atoms with Crippen molar-refractivity contribution in [1.29, 1.82) is 0 Å². The van der Waals surface area contributed by atoms with Crippen LogP contribution in [0.1, 0.15) is 32.8 Å². The predicted molar refractivity (Wildman–Crippen MR) is 86.0 cm³/mol. The number of rotatable bonds is 3. The number of carbonyl (C=O) groups excluding carboxylic acids is 2. The summed E-state index contributed by atoms with van der Waals surface area (Å²) in [5, 5.41) is 4.18. The fraction of sp³-hybridized carbons (Fsp3) is 0.688. The van der Waals surface area contributed by atoms with Crippen molar-refractivity contribution in [2.24, 2.45) is 0 Å². The van der Waals surface area contributed by atoms with Gasteiger partial charge in [-0.25, -0.2) is 4.79 Å². The minimum atomic E-state index is -0.494. The zero-order chi connectivity index (χ0) is 17.0. The molecule has 0 spiro atoms. The van der Waals surface area contributed by atoms with Crippen molar-refractivity contribution in [2.45, 2.75) is 46.3 Å². The van der Waals surface area contributed by atoms with E-state index in [2.05, 4.69) is 5.10 Å². The number of aromatic nitrogens is 2. The first-order valence-electron chi connectivity index (χ1n) is 7.99. The number of hydrogen-bond acceptors (Lipinski definition) is 4. The predicted octanol–water partition coefficient (Wildman–Crippen LogP) is 1.66. The largest absolute Gasteiger partial charge is 0.444 e. The Hall–Kier alpha value is -2.05. The third-order valence-corrected chi connectivity index (χ3v) is 3.60. The average Bonchev–Trinajstić information content (AvgIpc) is 2.89. The molecule has 2 amide bonds. The van der Waals surface area contributed by atoms with Gasteiger partial charge in [0.2, 0.25) is 5.91 Å². The van der Waals surface area contributed by atoms with E-state index in [0.29, 0.717) is 39.1 Å². The van der Waals surface area contributed by atoms with Gasteiger partial charge in [0.25, 0.3) is 0 Å². The van der Waals surface area contributed by atoms with E-state index in [1.165, 1.54) is 0 Å². The summed E-state index contributed by atoms with van der Waals surface area (Å²) in [5.41, 5.74) is 0.592. The molecule has 1 aliphatic rings. The van der Waals surface area contributed by atoms with Crippen LogP contribution in [0.25, 0.3) is 0 Å². The van der Waals surface area contributed by atoms with Crippen molar-refractivity contribution in [3.05, 3.63) is 18.0 Å². The van der Waals surface area contributed by atoms with Gasteiger partial charge >= 0.3 is 6.09 Å². The smallest absolute Gasteiger partial charge is 0.410 e. The van der Waals surface area contributed by atoms with Crippen LogP contribution in [0, 0.1) is 6.92 Å². The lowest BCUT2D eigenvalue weighted by Crippen LogP contribution is -2.51. The van der Waals surface area contributed by atoms with Crippen LogP contribution in [0.15, 0.2) is 12.4 Å². The lowest BCUT2D eigenvalue weighted by atomic mass is 10.2. The maximum Gasteiger partial charge on any atom is 0.410 e. The van der Waals surface area contributed by atoms with Crippen LogP contribution < -0.4 is 0 Å². The van der Waals surface area contributed by atoms with Gasteiger partial charge in [-0.3, -0.25) is 9.48 Å². The molecule has 0 aliphatic carbocycles. The monoisotopic (exact) mass is 322 g/mol. The number of nitrogens with zero attached hydrogens (tertiary/aromatic N) is 4. The maximum atomic E-state index is 12.2. The van der Waals surface area contributed by atoms with Gasteiger partial charge in [0.1, 0.15) is 5.60 Å². The van der Waals surface area contributed by atoms with Crippen molar-refractivity contribution in [2.75, 3.05) is 26.2 Å². The number of carbonyl (C=O) groups is 2. The summed E-state index contributed by atoms with van der Waals surface area (Å²) < 4.78 is 7.13. The Bertz CT molecular complexity index is 554. The SMILES string of the molecule is Cc1cnn(CCC(=O)N2CCN(C(=O)OC(C)(C)C)CC2)c1. The minimum absolute atomic E-state index is 0.0991. The van der Waals surface area contributed by atoms with Gasteiger partial charge in [0, 0.05) is 45.3 Å². The molecule has 1 aromatic rings. The molecule has 0 radical (unpaired) electrons. The van der Waals surface area contributed by atoms with Gasteiger partial charge in [-0.2, -0.15) is 5.10 Å². The van der Waals surface area contributed by atoms with Gasteiger partial charge in [-0.1, -0.05) is 0 Å². The van der Waals surface area contributed by atoms with Crippen LogP contribution in [0.5, 0.6) is 0 Å². The number of hydrogen-bond donors (Lipinski definition) is 0. The van der Waals surface area contributed by atoms with Gasteiger partial charge in [-0.05, 0) is 33.3 Å². The highest BCUT2D eigenvalue weighted by Crippen LogP contribution is 2.12. The maximum absolute atomic E-state index is 12.2. The normalized spacial score (nSPS) is 15.7. The molecule has 0 N–H and O–H groups in total. The van der Waals surface area contributed by atoms with Crippen LogP contribution in [0.2, 0.25) is 0 Å². The zero-order valence-electron chi connectivity index (χ0n) is 14.4. The highest BCUT2D eigenvalue weighted by Gasteiger charge is 2.27. The lowest BCUT2D eigenvalue weighted by molar-refractivity contribution is -0.133. The number of amides is 2. The molecule has 0 aromatic carbocycles. The first-order valence-corrected chi connectivity index (χ1v) is 7.99. The average molecular weight is 322 g/mol. The first kappa shape index (κ1) is 17.3. The zero-order valence-corrected chi connectivity index (χ0v) is 14.4. The Labute approximate surface area is 137 Å². The molecule has 1 fully saturated rings. The van der Waals surface area contributed by atoms with Crippen LogP contribution >= 0.6 is 0 Å². The molecule has 2 heterocycles. The fourth-order valence-electron chi connectivity index (χ4n) is 2.42. The minimum Gasteiger partial charge on any atom is -0.444 e. The molecule has 128 valence electrons. The molecular formula is C16H26N4O3.